The summed E-state index contributed by atoms with van der Waals surface area (Å²) in [4.78, 5) is 24.9. The Morgan fingerprint density at radius 2 is 2.17 bits per heavy atom. The molecule has 0 aromatic heterocycles. The van der Waals surface area contributed by atoms with Crippen molar-refractivity contribution < 1.29 is 14.3 Å². The molecule has 0 heterocycles. The summed E-state index contributed by atoms with van der Waals surface area (Å²) in [6.45, 7) is -0.205. The van der Waals surface area contributed by atoms with E-state index in [1.807, 2.05) is 30.5 Å². The van der Waals surface area contributed by atoms with Crippen molar-refractivity contribution in [2.75, 3.05) is 18.2 Å². The van der Waals surface area contributed by atoms with Crippen molar-refractivity contribution >= 4 is 29.3 Å². The van der Waals surface area contributed by atoms with E-state index in [4.69, 9.17) is 4.74 Å². The molecule has 1 N–H and O–H groups in total. The summed E-state index contributed by atoms with van der Waals surface area (Å²) in [6.07, 6.45) is 7.48. The largest absolute Gasteiger partial charge is 0.456 e. The summed E-state index contributed by atoms with van der Waals surface area (Å²) in [6, 6.07) is 7.60. The summed E-state index contributed by atoms with van der Waals surface area (Å²) < 4.78 is 5.15. The van der Waals surface area contributed by atoms with Crippen molar-refractivity contribution in [3.05, 3.63) is 24.3 Å². The number of nitrogens with one attached hydrogen (secondary N) is 1. The van der Waals surface area contributed by atoms with Gasteiger partial charge in [0.2, 0.25) is 0 Å². The van der Waals surface area contributed by atoms with E-state index in [0.29, 0.717) is 18.3 Å². The summed E-state index contributed by atoms with van der Waals surface area (Å²) in [5, 5.41) is 2.76. The van der Waals surface area contributed by atoms with E-state index in [1.165, 1.54) is 19.3 Å². The van der Waals surface area contributed by atoms with Gasteiger partial charge in [-0.05, 0) is 61.5 Å². The van der Waals surface area contributed by atoms with Gasteiger partial charge in [0.05, 0.1) is 0 Å². The van der Waals surface area contributed by atoms with Crippen molar-refractivity contribution in [3.63, 3.8) is 0 Å². The maximum atomic E-state index is 11.9. The van der Waals surface area contributed by atoms with Gasteiger partial charge in [-0.15, -0.1) is 11.8 Å². The Morgan fingerprint density at radius 3 is 2.87 bits per heavy atom. The van der Waals surface area contributed by atoms with E-state index in [-0.39, 0.29) is 18.5 Å². The molecule has 2 bridgehead atoms. The number of ether oxygens (including phenoxy) is 1. The molecule has 0 aliphatic heterocycles. The Labute approximate surface area is 141 Å². The number of esters is 1. The highest BCUT2D eigenvalue weighted by Gasteiger charge is 2.40. The third-order valence-electron chi connectivity index (χ3n) is 5.03. The molecule has 0 spiro atoms. The van der Waals surface area contributed by atoms with Gasteiger partial charge in [-0.25, -0.2) is 0 Å². The number of anilines is 1. The van der Waals surface area contributed by atoms with Crippen molar-refractivity contribution in [1.82, 2.24) is 0 Å². The standard InChI is InChI=1S/C18H23NO3S/c1-23-16-4-2-3-15(10-16)19-17(20)11-22-18(21)9-14-8-12-5-6-13(14)7-12/h2-4,10,12-14H,5-9,11H2,1H3,(H,19,20)/t12-,13-,14-/m1/s1. The van der Waals surface area contributed by atoms with Gasteiger partial charge < -0.3 is 10.1 Å². The SMILES string of the molecule is CSc1cccc(NC(=O)COC(=O)C[C@H]2C[C@@H]3CC[C@@H]2C3)c1. The zero-order valence-corrected chi connectivity index (χ0v) is 14.2. The Morgan fingerprint density at radius 1 is 1.30 bits per heavy atom. The molecule has 23 heavy (non-hydrogen) atoms. The van der Waals surface area contributed by atoms with Crippen LogP contribution in [0.1, 0.15) is 32.1 Å². The van der Waals surface area contributed by atoms with Crippen LogP contribution < -0.4 is 5.32 Å². The molecular formula is C18H23NO3S. The van der Waals surface area contributed by atoms with Crippen molar-refractivity contribution in [3.8, 4) is 0 Å². The molecule has 0 radical (unpaired) electrons. The van der Waals surface area contributed by atoms with Crippen LogP contribution in [-0.4, -0.2) is 24.7 Å². The summed E-state index contributed by atoms with van der Waals surface area (Å²) >= 11 is 1.62. The van der Waals surface area contributed by atoms with Gasteiger partial charge in [-0.2, -0.15) is 0 Å². The zero-order valence-electron chi connectivity index (χ0n) is 13.4. The maximum Gasteiger partial charge on any atom is 0.306 e. The Kier molecular flexibility index (Phi) is 5.26. The van der Waals surface area contributed by atoms with E-state index in [0.717, 1.165) is 22.9 Å². The summed E-state index contributed by atoms with van der Waals surface area (Å²) in [5.41, 5.74) is 0.728. The number of thioether (sulfide) groups is 1. The number of rotatable bonds is 6. The second kappa shape index (κ2) is 7.39. The van der Waals surface area contributed by atoms with Crippen molar-refractivity contribution in [2.24, 2.45) is 17.8 Å². The fourth-order valence-corrected chi connectivity index (χ4v) is 4.40. The molecule has 2 aliphatic rings. The minimum absolute atomic E-state index is 0.205. The number of benzene rings is 1. The van der Waals surface area contributed by atoms with Crippen LogP contribution in [-0.2, 0) is 14.3 Å². The lowest BCUT2D eigenvalue weighted by atomic mass is 9.86. The number of fused-ring (bicyclic) bond motifs is 2. The molecule has 0 saturated heterocycles. The number of hydrogen-bond acceptors (Lipinski definition) is 4. The quantitative estimate of drug-likeness (QED) is 0.637. The highest BCUT2D eigenvalue weighted by molar-refractivity contribution is 7.98. The molecule has 2 saturated carbocycles. The fourth-order valence-electron chi connectivity index (χ4n) is 3.94. The van der Waals surface area contributed by atoms with E-state index >= 15 is 0 Å². The van der Waals surface area contributed by atoms with Gasteiger partial charge in [-0.1, -0.05) is 12.5 Å². The third kappa shape index (κ3) is 4.28. The fraction of sp³-hybridized carbons (Fsp3) is 0.556. The lowest BCUT2D eigenvalue weighted by molar-refractivity contribution is -0.148. The predicted molar refractivity (Wildman–Crippen MR) is 91.4 cm³/mol. The van der Waals surface area contributed by atoms with Crippen LogP contribution >= 0.6 is 11.8 Å². The van der Waals surface area contributed by atoms with Crippen LogP contribution in [0.4, 0.5) is 5.69 Å². The normalized spacial score (nSPS) is 25.3. The summed E-state index contributed by atoms with van der Waals surface area (Å²) in [5.74, 6) is 1.48. The average Bonchev–Trinajstić information content (AvgIpc) is 3.16. The minimum Gasteiger partial charge on any atom is -0.456 e. The molecule has 3 rings (SSSR count). The van der Waals surface area contributed by atoms with Gasteiger partial charge in [-0.3, -0.25) is 9.59 Å². The number of amides is 1. The predicted octanol–water partition coefficient (Wildman–Crippen LogP) is 3.72. The number of hydrogen-bond donors (Lipinski definition) is 1. The molecule has 0 unspecified atom stereocenters. The van der Waals surface area contributed by atoms with E-state index in [1.54, 1.807) is 11.8 Å². The number of carbonyl (C=O) groups is 2. The molecule has 4 nitrogen and oxygen atoms in total. The topological polar surface area (TPSA) is 55.4 Å². The maximum absolute atomic E-state index is 11.9. The van der Waals surface area contributed by atoms with Gasteiger partial charge in [0.1, 0.15) is 0 Å². The minimum atomic E-state index is -0.287. The first-order valence-electron chi connectivity index (χ1n) is 8.23. The lowest BCUT2D eigenvalue weighted by Gasteiger charge is -2.20. The highest BCUT2D eigenvalue weighted by atomic mass is 32.2. The molecular weight excluding hydrogens is 310 g/mol. The Balaban J connectivity index is 1.40. The molecule has 5 heteroatoms. The molecule has 1 aromatic carbocycles. The second-order valence-corrected chi connectivity index (χ2v) is 7.46. The average molecular weight is 333 g/mol. The molecule has 2 aliphatic carbocycles. The van der Waals surface area contributed by atoms with Crippen LogP contribution in [0.15, 0.2) is 29.2 Å². The van der Waals surface area contributed by atoms with Crippen molar-refractivity contribution in [2.45, 2.75) is 37.0 Å². The first kappa shape index (κ1) is 16.4. The Hall–Kier alpha value is -1.49. The monoisotopic (exact) mass is 333 g/mol. The molecule has 1 aromatic rings. The van der Waals surface area contributed by atoms with Crippen LogP contribution in [0.3, 0.4) is 0 Å². The third-order valence-corrected chi connectivity index (χ3v) is 5.76. The highest BCUT2D eigenvalue weighted by Crippen LogP contribution is 2.49. The van der Waals surface area contributed by atoms with Gasteiger partial charge in [0, 0.05) is 17.0 Å². The van der Waals surface area contributed by atoms with Crippen LogP contribution in [0.5, 0.6) is 0 Å². The van der Waals surface area contributed by atoms with Crippen LogP contribution in [0, 0.1) is 17.8 Å². The second-order valence-electron chi connectivity index (χ2n) is 6.58. The number of carbonyl (C=O) groups excluding carboxylic acids is 2. The Bertz CT molecular complexity index is 589. The molecule has 1 amide bonds. The first-order chi connectivity index (χ1) is 11.1. The van der Waals surface area contributed by atoms with Gasteiger partial charge in [0.15, 0.2) is 6.61 Å². The van der Waals surface area contributed by atoms with E-state index < -0.39 is 0 Å². The van der Waals surface area contributed by atoms with Gasteiger partial charge >= 0.3 is 5.97 Å². The van der Waals surface area contributed by atoms with Crippen LogP contribution in [0.25, 0.3) is 0 Å². The first-order valence-corrected chi connectivity index (χ1v) is 9.46. The molecule has 124 valence electrons. The van der Waals surface area contributed by atoms with E-state index in [9.17, 15) is 9.59 Å². The zero-order chi connectivity index (χ0) is 16.2. The summed E-state index contributed by atoms with van der Waals surface area (Å²) in [7, 11) is 0. The lowest BCUT2D eigenvalue weighted by Crippen LogP contribution is -2.23. The molecule has 3 atom stereocenters. The molecule has 2 fully saturated rings. The smallest absolute Gasteiger partial charge is 0.306 e. The van der Waals surface area contributed by atoms with Crippen molar-refractivity contribution in [1.29, 1.82) is 0 Å². The van der Waals surface area contributed by atoms with E-state index in [2.05, 4.69) is 5.32 Å². The van der Waals surface area contributed by atoms with Gasteiger partial charge in [0.25, 0.3) is 5.91 Å². The van der Waals surface area contributed by atoms with Crippen LogP contribution in [0.2, 0.25) is 0 Å².